The number of para-hydroxylation sites is 2. The maximum absolute atomic E-state index is 12.8. The monoisotopic (exact) mass is 284 g/mol. The van der Waals surface area contributed by atoms with Gasteiger partial charge in [-0.05, 0) is 36.8 Å². The molecule has 5 heteroatoms. The average Bonchev–Trinajstić information content (AvgIpc) is 2.71. The number of phenols is 1. The number of nitrogen functional groups attached to an aromatic ring is 1. The van der Waals surface area contributed by atoms with E-state index in [1.54, 1.807) is 4.90 Å². The Balaban J connectivity index is 2.03. The predicted octanol–water partition coefficient (Wildman–Crippen LogP) is 2.40. The Bertz CT molecular complexity index is 685. The highest BCUT2D eigenvalue weighted by molar-refractivity contribution is 6.10. The van der Waals surface area contributed by atoms with Crippen LogP contribution in [0.3, 0.4) is 0 Å². The lowest BCUT2D eigenvalue weighted by Gasteiger charge is -2.22. The fourth-order valence-electron chi connectivity index (χ4n) is 2.41. The molecule has 1 heterocycles. The largest absolute Gasteiger partial charge is 0.508 e. The summed E-state index contributed by atoms with van der Waals surface area (Å²) in [6.07, 6.45) is 0.735. The summed E-state index contributed by atoms with van der Waals surface area (Å²) in [5, 5.41) is 9.58. The van der Waals surface area contributed by atoms with Gasteiger partial charge in [0.2, 0.25) is 0 Å². The molecule has 21 heavy (non-hydrogen) atoms. The number of aromatic hydroxyl groups is 1. The molecule has 0 fully saturated rings. The number of fused-ring (bicyclic) bond motifs is 1. The highest BCUT2D eigenvalue weighted by Crippen LogP contribution is 2.32. The van der Waals surface area contributed by atoms with Gasteiger partial charge in [-0.15, -0.1) is 0 Å². The van der Waals surface area contributed by atoms with Crippen LogP contribution < -0.4 is 15.4 Å². The van der Waals surface area contributed by atoms with E-state index in [1.165, 1.54) is 18.2 Å². The van der Waals surface area contributed by atoms with Crippen LogP contribution >= 0.6 is 0 Å². The van der Waals surface area contributed by atoms with E-state index < -0.39 is 0 Å². The molecule has 3 rings (SSSR count). The average molecular weight is 284 g/mol. The molecule has 0 saturated heterocycles. The summed E-state index contributed by atoms with van der Waals surface area (Å²) in [5.41, 5.74) is 7.24. The zero-order valence-electron chi connectivity index (χ0n) is 11.5. The van der Waals surface area contributed by atoms with E-state index >= 15 is 0 Å². The molecule has 0 aromatic heterocycles. The van der Waals surface area contributed by atoms with Gasteiger partial charge in [-0.2, -0.15) is 0 Å². The highest BCUT2D eigenvalue weighted by Gasteiger charge is 2.24. The van der Waals surface area contributed by atoms with Crippen molar-refractivity contribution in [2.45, 2.75) is 6.42 Å². The number of benzene rings is 2. The molecule has 0 spiro atoms. The lowest BCUT2D eigenvalue weighted by Crippen LogP contribution is -2.32. The topological polar surface area (TPSA) is 75.8 Å². The number of phenolic OH excluding ortho intramolecular Hbond substituents is 1. The fourth-order valence-corrected chi connectivity index (χ4v) is 2.41. The normalized spacial score (nSPS) is 14.0. The van der Waals surface area contributed by atoms with Crippen LogP contribution in [0.25, 0.3) is 0 Å². The van der Waals surface area contributed by atoms with Crippen LogP contribution in [0.4, 0.5) is 11.4 Å². The van der Waals surface area contributed by atoms with Crippen molar-refractivity contribution in [1.82, 2.24) is 0 Å². The van der Waals surface area contributed by atoms with Gasteiger partial charge in [0.05, 0.1) is 17.9 Å². The Morgan fingerprint density at radius 3 is 2.90 bits per heavy atom. The van der Waals surface area contributed by atoms with Gasteiger partial charge >= 0.3 is 0 Å². The third kappa shape index (κ3) is 2.50. The predicted molar refractivity (Wildman–Crippen MR) is 80.7 cm³/mol. The van der Waals surface area contributed by atoms with Crippen LogP contribution in [0.5, 0.6) is 11.5 Å². The number of carbonyl (C=O) groups is 1. The summed E-state index contributed by atoms with van der Waals surface area (Å²) >= 11 is 0. The summed E-state index contributed by atoms with van der Waals surface area (Å²) in [6, 6.07) is 11.8. The Morgan fingerprint density at radius 2 is 2.05 bits per heavy atom. The number of anilines is 2. The first-order valence-corrected chi connectivity index (χ1v) is 6.79. The SMILES string of the molecule is Nc1ccc(O)cc1C(=O)N1CCCOc2ccccc21. The number of ether oxygens (including phenoxy) is 1. The fraction of sp³-hybridized carbons (Fsp3) is 0.188. The zero-order valence-corrected chi connectivity index (χ0v) is 11.5. The second kappa shape index (κ2) is 5.36. The molecule has 108 valence electrons. The van der Waals surface area contributed by atoms with Gasteiger partial charge in [0.25, 0.3) is 5.91 Å². The van der Waals surface area contributed by atoms with Crippen molar-refractivity contribution in [2.75, 3.05) is 23.8 Å². The maximum Gasteiger partial charge on any atom is 0.260 e. The number of nitrogens with zero attached hydrogens (tertiary/aromatic N) is 1. The Kier molecular flexibility index (Phi) is 3.39. The van der Waals surface area contributed by atoms with Crippen molar-refractivity contribution in [3.05, 3.63) is 48.0 Å². The van der Waals surface area contributed by atoms with Crippen molar-refractivity contribution in [3.8, 4) is 11.5 Å². The molecule has 1 aliphatic rings. The van der Waals surface area contributed by atoms with Crippen LogP contribution in [-0.2, 0) is 0 Å². The Hall–Kier alpha value is -2.69. The number of rotatable bonds is 1. The van der Waals surface area contributed by atoms with Crippen molar-refractivity contribution in [2.24, 2.45) is 0 Å². The second-order valence-corrected chi connectivity index (χ2v) is 4.90. The van der Waals surface area contributed by atoms with E-state index in [0.29, 0.717) is 30.2 Å². The molecular weight excluding hydrogens is 268 g/mol. The minimum Gasteiger partial charge on any atom is -0.508 e. The smallest absolute Gasteiger partial charge is 0.260 e. The van der Waals surface area contributed by atoms with Crippen molar-refractivity contribution in [3.63, 3.8) is 0 Å². The molecule has 3 N–H and O–H groups in total. The Labute approximate surface area is 122 Å². The van der Waals surface area contributed by atoms with Crippen LogP contribution in [0.2, 0.25) is 0 Å². The number of hydrogen-bond acceptors (Lipinski definition) is 4. The van der Waals surface area contributed by atoms with E-state index in [2.05, 4.69) is 0 Å². The summed E-state index contributed by atoms with van der Waals surface area (Å²) in [4.78, 5) is 14.4. The van der Waals surface area contributed by atoms with Crippen LogP contribution in [0.15, 0.2) is 42.5 Å². The number of hydrogen-bond donors (Lipinski definition) is 2. The van der Waals surface area contributed by atoms with E-state index in [9.17, 15) is 9.90 Å². The van der Waals surface area contributed by atoms with Crippen LogP contribution in [0, 0.1) is 0 Å². The number of amides is 1. The summed E-state index contributed by atoms with van der Waals surface area (Å²) in [7, 11) is 0. The van der Waals surface area contributed by atoms with Crippen LogP contribution in [0.1, 0.15) is 16.8 Å². The molecule has 5 nitrogen and oxygen atoms in total. The van der Waals surface area contributed by atoms with E-state index in [-0.39, 0.29) is 11.7 Å². The first kappa shape index (κ1) is 13.3. The van der Waals surface area contributed by atoms with Gasteiger partial charge in [-0.1, -0.05) is 12.1 Å². The molecule has 0 bridgehead atoms. The first-order chi connectivity index (χ1) is 10.2. The lowest BCUT2D eigenvalue weighted by molar-refractivity contribution is 0.0987. The number of carbonyl (C=O) groups excluding carboxylic acids is 1. The van der Waals surface area contributed by atoms with Crippen molar-refractivity contribution < 1.29 is 14.6 Å². The second-order valence-electron chi connectivity index (χ2n) is 4.90. The standard InChI is InChI=1S/C16H16N2O3/c17-13-7-6-11(19)10-12(13)16(20)18-8-3-9-21-15-5-2-1-4-14(15)18/h1-2,4-7,10,19H,3,8-9,17H2. The van der Waals surface area contributed by atoms with E-state index in [1.807, 2.05) is 24.3 Å². The molecule has 2 aromatic carbocycles. The molecule has 0 aliphatic carbocycles. The molecular formula is C16H16N2O3. The van der Waals surface area contributed by atoms with Gasteiger partial charge < -0.3 is 20.5 Å². The van der Waals surface area contributed by atoms with Crippen LogP contribution in [-0.4, -0.2) is 24.2 Å². The summed E-state index contributed by atoms with van der Waals surface area (Å²) in [6.45, 7) is 1.11. The molecule has 1 aliphatic heterocycles. The molecule has 0 radical (unpaired) electrons. The van der Waals surface area contributed by atoms with Gasteiger partial charge in [-0.25, -0.2) is 0 Å². The van der Waals surface area contributed by atoms with E-state index in [0.717, 1.165) is 12.1 Å². The van der Waals surface area contributed by atoms with Gasteiger partial charge in [-0.3, -0.25) is 4.79 Å². The third-order valence-electron chi connectivity index (χ3n) is 3.45. The summed E-state index contributed by atoms with van der Waals surface area (Å²) < 4.78 is 5.64. The van der Waals surface area contributed by atoms with Crippen molar-refractivity contribution >= 4 is 17.3 Å². The number of nitrogens with two attached hydrogens (primary N) is 1. The minimum atomic E-state index is -0.235. The first-order valence-electron chi connectivity index (χ1n) is 6.79. The molecule has 2 aromatic rings. The zero-order chi connectivity index (χ0) is 14.8. The van der Waals surface area contributed by atoms with Crippen molar-refractivity contribution in [1.29, 1.82) is 0 Å². The highest BCUT2D eigenvalue weighted by atomic mass is 16.5. The van der Waals surface area contributed by atoms with Gasteiger partial charge in [0.1, 0.15) is 11.5 Å². The molecule has 0 saturated carbocycles. The molecule has 0 unspecified atom stereocenters. The maximum atomic E-state index is 12.8. The quantitative estimate of drug-likeness (QED) is 0.623. The summed E-state index contributed by atoms with van der Waals surface area (Å²) in [5.74, 6) is 0.468. The van der Waals surface area contributed by atoms with Gasteiger partial charge in [0.15, 0.2) is 0 Å². The van der Waals surface area contributed by atoms with E-state index in [4.69, 9.17) is 10.5 Å². The Morgan fingerprint density at radius 1 is 1.24 bits per heavy atom. The van der Waals surface area contributed by atoms with Gasteiger partial charge in [0, 0.05) is 12.2 Å². The lowest BCUT2D eigenvalue weighted by atomic mass is 10.1. The molecule has 1 amide bonds. The minimum absolute atomic E-state index is 0.0203. The third-order valence-corrected chi connectivity index (χ3v) is 3.45. The molecule has 0 atom stereocenters.